The quantitative estimate of drug-likeness (QED) is 0.762. The second-order valence-electron chi connectivity index (χ2n) is 6.91. The van der Waals surface area contributed by atoms with Crippen LogP contribution in [0.1, 0.15) is 27.3 Å². The van der Waals surface area contributed by atoms with E-state index >= 15 is 0 Å². The van der Waals surface area contributed by atoms with Crippen molar-refractivity contribution in [3.8, 4) is 5.75 Å². The minimum Gasteiger partial charge on any atom is -0.496 e. The van der Waals surface area contributed by atoms with E-state index in [1.165, 1.54) is 0 Å². The number of hydrogen-bond donors (Lipinski definition) is 1. The zero-order valence-electron chi connectivity index (χ0n) is 15.9. The summed E-state index contributed by atoms with van der Waals surface area (Å²) >= 11 is 0. The van der Waals surface area contributed by atoms with E-state index in [1.54, 1.807) is 24.1 Å². The van der Waals surface area contributed by atoms with Crippen LogP contribution in [0.25, 0.3) is 10.9 Å². The molecule has 0 atom stereocenters. The fourth-order valence-corrected chi connectivity index (χ4v) is 3.67. The molecule has 1 aromatic heterocycles. The lowest BCUT2D eigenvalue weighted by Gasteiger charge is -2.22. The SMILES string of the molecule is COc1ccccc1C(=O)N1CCCN(C(=O)c2cc3ccccc3[nH]2)CC1. The van der Waals surface area contributed by atoms with E-state index in [0.29, 0.717) is 43.2 Å². The van der Waals surface area contributed by atoms with Crippen molar-refractivity contribution in [2.45, 2.75) is 6.42 Å². The highest BCUT2D eigenvalue weighted by molar-refractivity contribution is 5.98. The molecule has 2 amide bonds. The minimum absolute atomic E-state index is 0.0252. The van der Waals surface area contributed by atoms with Crippen molar-refractivity contribution in [1.82, 2.24) is 14.8 Å². The molecule has 0 saturated carbocycles. The molecule has 144 valence electrons. The molecule has 2 aromatic carbocycles. The van der Waals surface area contributed by atoms with Crippen molar-refractivity contribution in [2.24, 2.45) is 0 Å². The fourth-order valence-electron chi connectivity index (χ4n) is 3.67. The molecular formula is C22H23N3O3. The van der Waals surface area contributed by atoms with Crippen LogP contribution in [-0.4, -0.2) is 59.9 Å². The van der Waals surface area contributed by atoms with Crippen molar-refractivity contribution in [3.05, 3.63) is 65.9 Å². The summed E-state index contributed by atoms with van der Waals surface area (Å²) in [6, 6.07) is 17.0. The van der Waals surface area contributed by atoms with Gasteiger partial charge >= 0.3 is 0 Å². The molecule has 28 heavy (non-hydrogen) atoms. The summed E-state index contributed by atoms with van der Waals surface area (Å²) in [6.07, 6.45) is 0.743. The first-order valence-electron chi connectivity index (χ1n) is 9.46. The number of hydrogen-bond acceptors (Lipinski definition) is 3. The van der Waals surface area contributed by atoms with Crippen LogP contribution >= 0.6 is 0 Å². The number of amides is 2. The van der Waals surface area contributed by atoms with Gasteiger partial charge in [-0.1, -0.05) is 30.3 Å². The molecule has 0 aliphatic carbocycles. The number of carbonyl (C=O) groups is 2. The Morgan fingerprint density at radius 2 is 1.57 bits per heavy atom. The summed E-state index contributed by atoms with van der Waals surface area (Å²) in [7, 11) is 1.56. The third-order valence-corrected chi connectivity index (χ3v) is 5.17. The summed E-state index contributed by atoms with van der Waals surface area (Å²) in [6.45, 7) is 2.26. The van der Waals surface area contributed by atoms with E-state index in [4.69, 9.17) is 4.74 Å². The lowest BCUT2D eigenvalue weighted by Crippen LogP contribution is -2.37. The Kier molecular flexibility index (Phi) is 5.02. The normalized spacial score (nSPS) is 14.8. The number of H-pyrrole nitrogens is 1. The number of benzene rings is 2. The van der Waals surface area contributed by atoms with Gasteiger partial charge in [0.2, 0.25) is 0 Å². The largest absolute Gasteiger partial charge is 0.496 e. The van der Waals surface area contributed by atoms with Crippen molar-refractivity contribution in [1.29, 1.82) is 0 Å². The summed E-state index contributed by atoms with van der Waals surface area (Å²) in [4.78, 5) is 32.7. The van der Waals surface area contributed by atoms with Gasteiger partial charge in [0.1, 0.15) is 11.4 Å². The van der Waals surface area contributed by atoms with Crippen molar-refractivity contribution >= 4 is 22.7 Å². The Labute approximate surface area is 163 Å². The third kappa shape index (κ3) is 3.45. The van der Waals surface area contributed by atoms with E-state index in [0.717, 1.165) is 17.3 Å². The molecule has 1 fully saturated rings. The van der Waals surface area contributed by atoms with E-state index in [-0.39, 0.29) is 11.8 Å². The maximum absolute atomic E-state index is 12.9. The first-order chi connectivity index (χ1) is 13.7. The molecule has 0 bridgehead atoms. The number of aromatic nitrogens is 1. The standard InChI is InChI=1S/C22H23N3O3/c1-28-20-10-5-3-8-17(20)21(26)24-11-6-12-25(14-13-24)22(27)19-15-16-7-2-4-9-18(16)23-19/h2-5,7-10,15,23H,6,11-14H2,1H3. The van der Waals surface area contributed by atoms with Gasteiger partial charge in [0, 0.05) is 37.1 Å². The maximum atomic E-state index is 12.9. The van der Waals surface area contributed by atoms with Crippen LogP contribution in [0.15, 0.2) is 54.6 Å². The van der Waals surface area contributed by atoms with Gasteiger partial charge < -0.3 is 19.5 Å². The Morgan fingerprint density at radius 1 is 0.893 bits per heavy atom. The van der Waals surface area contributed by atoms with Gasteiger partial charge in [-0.05, 0) is 30.7 Å². The van der Waals surface area contributed by atoms with Crippen LogP contribution in [0.2, 0.25) is 0 Å². The van der Waals surface area contributed by atoms with E-state index in [2.05, 4.69) is 4.98 Å². The van der Waals surface area contributed by atoms with Crippen molar-refractivity contribution < 1.29 is 14.3 Å². The molecule has 1 aliphatic heterocycles. The number of aromatic amines is 1. The zero-order chi connectivity index (χ0) is 19.5. The van der Waals surface area contributed by atoms with Crippen molar-refractivity contribution in [2.75, 3.05) is 33.3 Å². The topological polar surface area (TPSA) is 65.6 Å². The van der Waals surface area contributed by atoms with Gasteiger partial charge in [0.15, 0.2) is 0 Å². The monoisotopic (exact) mass is 377 g/mol. The second kappa shape index (κ2) is 7.76. The lowest BCUT2D eigenvalue weighted by molar-refractivity contribution is 0.0714. The molecule has 0 radical (unpaired) electrons. The molecular weight excluding hydrogens is 354 g/mol. The van der Waals surface area contributed by atoms with Crippen LogP contribution in [0.3, 0.4) is 0 Å². The van der Waals surface area contributed by atoms with Crippen LogP contribution in [-0.2, 0) is 0 Å². The number of nitrogens with zero attached hydrogens (tertiary/aromatic N) is 2. The molecule has 1 N–H and O–H groups in total. The molecule has 0 spiro atoms. The molecule has 6 heteroatoms. The molecule has 6 nitrogen and oxygen atoms in total. The number of methoxy groups -OCH3 is 1. The van der Waals surface area contributed by atoms with Crippen LogP contribution in [0.4, 0.5) is 0 Å². The van der Waals surface area contributed by atoms with Gasteiger partial charge in [0.05, 0.1) is 12.7 Å². The van der Waals surface area contributed by atoms with E-state index in [9.17, 15) is 9.59 Å². The zero-order valence-corrected chi connectivity index (χ0v) is 15.9. The number of ether oxygens (including phenoxy) is 1. The Balaban J connectivity index is 1.47. The van der Waals surface area contributed by atoms with Gasteiger partial charge in [-0.2, -0.15) is 0 Å². The highest BCUT2D eigenvalue weighted by Gasteiger charge is 2.25. The van der Waals surface area contributed by atoms with Gasteiger partial charge in [-0.3, -0.25) is 9.59 Å². The molecule has 2 heterocycles. The lowest BCUT2D eigenvalue weighted by atomic mass is 10.1. The smallest absolute Gasteiger partial charge is 0.270 e. The Bertz CT molecular complexity index is 978. The predicted molar refractivity (Wildman–Crippen MR) is 108 cm³/mol. The first-order valence-corrected chi connectivity index (χ1v) is 9.46. The predicted octanol–water partition coefficient (Wildman–Crippen LogP) is 3.16. The molecule has 1 saturated heterocycles. The second-order valence-corrected chi connectivity index (χ2v) is 6.91. The molecule has 4 rings (SSSR count). The van der Waals surface area contributed by atoms with E-state index < -0.39 is 0 Å². The molecule has 3 aromatic rings. The highest BCUT2D eigenvalue weighted by Crippen LogP contribution is 2.21. The van der Waals surface area contributed by atoms with Crippen LogP contribution in [0.5, 0.6) is 5.75 Å². The van der Waals surface area contributed by atoms with E-state index in [1.807, 2.05) is 47.4 Å². The summed E-state index contributed by atoms with van der Waals surface area (Å²) in [5.74, 6) is 0.489. The third-order valence-electron chi connectivity index (χ3n) is 5.17. The highest BCUT2D eigenvalue weighted by atomic mass is 16.5. The maximum Gasteiger partial charge on any atom is 0.270 e. The Morgan fingerprint density at radius 3 is 2.32 bits per heavy atom. The fraction of sp³-hybridized carbons (Fsp3) is 0.273. The average Bonchev–Trinajstić information content (AvgIpc) is 3.02. The molecule has 0 unspecified atom stereocenters. The molecule has 1 aliphatic rings. The van der Waals surface area contributed by atoms with Gasteiger partial charge in [-0.25, -0.2) is 0 Å². The summed E-state index contributed by atoms with van der Waals surface area (Å²) in [5.41, 5.74) is 2.10. The number of carbonyl (C=O) groups excluding carboxylic acids is 2. The number of fused-ring (bicyclic) bond motifs is 1. The Hall–Kier alpha value is -3.28. The van der Waals surface area contributed by atoms with Crippen molar-refractivity contribution in [3.63, 3.8) is 0 Å². The summed E-state index contributed by atoms with van der Waals surface area (Å²) in [5, 5.41) is 1.02. The number of para-hydroxylation sites is 2. The van der Waals surface area contributed by atoms with Crippen LogP contribution in [0, 0.1) is 0 Å². The van der Waals surface area contributed by atoms with Gasteiger partial charge in [0.25, 0.3) is 11.8 Å². The first kappa shape index (κ1) is 18.1. The van der Waals surface area contributed by atoms with Crippen LogP contribution < -0.4 is 4.74 Å². The average molecular weight is 377 g/mol. The minimum atomic E-state index is -0.0580. The number of nitrogens with one attached hydrogen (secondary N) is 1. The van der Waals surface area contributed by atoms with Gasteiger partial charge in [-0.15, -0.1) is 0 Å². The summed E-state index contributed by atoms with van der Waals surface area (Å²) < 4.78 is 5.32. The number of rotatable bonds is 3.